The zero-order valence-corrected chi connectivity index (χ0v) is 16.2. The van der Waals surface area contributed by atoms with Crippen molar-refractivity contribution < 1.29 is 28.6 Å². The smallest absolute Gasteiger partial charge is 0.329 e. The van der Waals surface area contributed by atoms with Crippen molar-refractivity contribution >= 4 is 34.8 Å². The van der Waals surface area contributed by atoms with E-state index in [0.717, 1.165) is 0 Å². The van der Waals surface area contributed by atoms with Crippen LogP contribution in [0.5, 0.6) is 11.5 Å². The Hall–Kier alpha value is -3.07. The van der Waals surface area contributed by atoms with E-state index in [4.69, 9.17) is 14.2 Å². The summed E-state index contributed by atoms with van der Waals surface area (Å²) in [7, 11) is 0. The van der Waals surface area contributed by atoms with Gasteiger partial charge in [-0.3, -0.25) is 9.59 Å². The van der Waals surface area contributed by atoms with E-state index in [2.05, 4.69) is 10.6 Å². The van der Waals surface area contributed by atoms with Crippen molar-refractivity contribution in [3.8, 4) is 11.5 Å². The molecule has 0 aliphatic carbocycles. The number of hydrogen-bond donors (Lipinski definition) is 2. The molecule has 148 valence electrons. The Bertz CT molecular complexity index is 865. The van der Waals surface area contributed by atoms with Crippen LogP contribution in [-0.2, 0) is 14.3 Å². The van der Waals surface area contributed by atoms with Gasteiger partial charge in [-0.25, -0.2) is 4.79 Å². The Labute approximate surface area is 165 Å². The van der Waals surface area contributed by atoms with Gasteiger partial charge in [0.1, 0.15) is 6.04 Å². The predicted molar refractivity (Wildman–Crippen MR) is 103 cm³/mol. The quantitative estimate of drug-likeness (QED) is 0.687. The van der Waals surface area contributed by atoms with Gasteiger partial charge >= 0.3 is 5.97 Å². The number of benzene rings is 1. The third-order valence-corrected chi connectivity index (χ3v) is 4.82. The second-order valence-corrected chi connectivity index (χ2v) is 7.34. The molecule has 1 aliphatic heterocycles. The average Bonchev–Trinajstić information content (AvgIpc) is 3.35. The van der Waals surface area contributed by atoms with E-state index in [9.17, 15) is 14.4 Å². The van der Waals surface area contributed by atoms with Gasteiger partial charge in [-0.05, 0) is 29.5 Å². The number of carbonyl (C=O) groups excluding carboxylic acids is 3. The maximum atomic E-state index is 12.3. The van der Waals surface area contributed by atoms with Gasteiger partial charge in [0.25, 0.3) is 11.8 Å². The second kappa shape index (κ2) is 8.75. The van der Waals surface area contributed by atoms with Gasteiger partial charge in [0, 0.05) is 11.8 Å². The predicted octanol–water partition coefficient (Wildman–Crippen LogP) is 2.41. The Balaban J connectivity index is 1.52. The largest absolute Gasteiger partial charge is 0.454 e. The average molecular weight is 404 g/mol. The van der Waals surface area contributed by atoms with Crippen molar-refractivity contribution in [2.75, 3.05) is 18.7 Å². The van der Waals surface area contributed by atoms with Gasteiger partial charge in [0.2, 0.25) is 6.79 Å². The molecular formula is C19H20N2O6S. The molecule has 2 amide bonds. The molecule has 3 rings (SSSR count). The Morgan fingerprint density at radius 2 is 1.96 bits per heavy atom. The van der Waals surface area contributed by atoms with Crippen LogP contribution in [0.1, 0.15) is 23.5 Å². The van der Waals surface area contributed by atoms with Crippen molar-refractivity contribution in [2.24, 2.45) is 5.92 Å². The molecule has 28 heavy (non-hydrogen) atoms. The van der Waals surface area contributed by atoms with Gasteiger partial charge in [-0.15, -0.1) is 11.3 Å². The first kappa shape index (κ1) is 19.7. The lowest BCUT2D eigenvalue weighted by atomic mass is 10.0. The highest BCUT2D eigenvalue weighted by molar-refractivity contribution is 7.12. The van der Waals surface area contributed by atoms with Crippen LogP contribution in [0, 0.1) is 5.92 Å². The molecule has 0 spiro atoms. The van der Waals surface area contributed by atoms with Gasteiger partial charge in [-0.1, -0.05) is 19.9 Å². The summed E-state index contributed by atoms with van der Waals surface area (Å²) >= 11 is 1.28. The molecule has 8 nitrogen and oxygen atoms in total. The molecule has 1 aromatic carbocycles. The van der Waals surface area contributed by atoms with E-state index in [1.54, 1.807) is 49.6 Å². The summed E-state index contributed by atoms with van der Waals surface area (Å²) < 4.78 is 15.5. The highest BCUT2D eigenvalue weighted by Crippen LogP contribution is 2.34. The number of esters is 1. The van der Waals surface area contributed by atoms with Crippen molar-refractivity contribution in [3.63, 3.8) is 0 Å². The molecule has 0 unspecified atom stereocenters. The van der Waals surface area contributed by atoms with Gasteiger partial charge in [0.05, 0.1) is 4.88 Å². The zero-order chi connectivity index (χ0) is 20.1. The molecule has 2 heterocycles. The van der Waals surface area contributed by atoms with Gasteiger partial charge < -0.3 is 24.8 Å². The van der Waals surface area contributed by atoms with E-state index < -0.39 is 24.5 Å². The standard InChI is InChI=1S/C19H20N2O6S/c1-11(2)17(21-18(23)15-4-3-7-28-15)19(24)25-9-16(22)20-12-5-6-13-14(8-12)27-10-26-13/h3-8,11,17H,9-10H2,1-2H3,(H,20,22)(H,21,23)/t17-/m1/s1. The minimum Gasteiger partial charge on any atom is -0.454 e. The van der Waals surface area contributed by atoms with Gasteiger partial charge in [0.15, 0.2) is 18.1 Å². The summed E-state index contributed by atoms with van der Waals surface area (Å²) in [6.07, 6.45) is 0. The monoisotopic (exact) mass is 404 g/mol. The molecule has 1 aromatic heterocycles. The van der Waals surface area contributed by atoms with E-state index in [1.165, 1.54) is 11.3 Å². The first-order valence-corrected chi connectivity index (χ1v) is 9.52. The number of anilines is 1. The molecule has 9 heteroatoms. The normalized spacial score (nSPS) is 13.1. The molecule has 2 aromatic rings. The summed E-state index contributed by atoms with van der Waals surface area (Å²) in [5.41, 5.74) is 0.497. The fraction of sp³-hybridized carbons (Fsp3) is 0.316. The van der Waals surface area contributed by atoms with E-state index in [0.29, 0.717) is 22.1 Å². The topological polar surface area (TPSA) is 103 Å². The fourth-order valence-electron chi connectivity index (χ4n) is 2.52. The van der Waals surface area contributed by atoms with Crippen LogP contribution in [0.3, 0.4) is 0 Å². The van der Waals surface area contributed by atoms with Crippen molar-refractivity contribution in [3.05, 3.63) is 40.6 Å². The zero-order valence-electron chi connectivity index (χ0n) is 15.4. The van der Waals surface area contributed by atoms with Crippen LogP contribution < -0.4 is 20.1 Å². The third-order valence-electron chi connectivity index (χ3n) is 3.95. The third kappa shape index (κ3) is 4.80. The first-order valence-electron chi connectivity index (χ1n) is 8.64. The molecule has 0 saturated heterocycles. The maximum absolute atomic E-state index is 12.3. The molecule has 2 N–H and O–H groups in total. The Morgan fingerprint density at radius 1 is 1.18 bits per heavy atom. The number of nitrogens with one attached hydrogen (secondary N) is 2. The molecule has 1 atom stereocenters. The second-order valence-electron chi connectivity index (χ2n) is 6.40. The molecule has 0 fully saturated rings. The van der Waals surface area contributed by atoms with Crippen LogP contribution in [0.25, 0.3) is 0 Å². The summed E-state index contributed by atoms with van der Waals surface area (Å²) in [5, 5.41) is 7.05. The van der Waals surface area contributed by atoms with Crippen molar-refractivity contribution in [1.29, 1.82) is 0 Å². The van der Waals surface area contributed by atoms with E-state index in [-0.39, 0.29) is 18.6 Å². The van der Waals surface area contributed by atoms with Crippen molar-refractivity contribution in [2.45, 2.75) is 19.9 Å². The lowest BCUT2D eigenvalue weighted by molar-refractivity contribution is -0.150. The molecule has 0 bridgehead atoms. The Kier molecular flexibility index (Phi) is 6.15. The SMILES string of the molecule is CC(C)[C@@H](NC(=O)c1cccs1)C(=O)OCC(=O)Nc1ccc2c(c1)OCO2. The number of carbonyl (C=O) groups is 3. The fourth-order valence-corrected chi connectivity index (χ4v) is 3.14. The first-order chi connectivity index (χ1) is 13.4. The van der Waals surface area contributed by atoms with Gasteiger partial charge in [-0.2, -0.15) is 0 Å². The number of amides is 2. The van der Waals surface area contributed by atoms with Crippen LogP contribution in [0.4, 0.5) is 5.69 Å². The summed E-state index contributed by atoms with van der Waals surface area (Å²) in [4.78, 5) is 37.1. The van der Waals surface area contributed by atoms with Crippen molar-refractivity contribution in [1.82, 2.24) is 5.32 Å². The molecule has 0 radical (unpaired) electrons. The minimum atomic E-state index is -0.854. The van der Waals surface area contributed by atoms with Crippen LogP contribution in [0.15, 0.2) is 35.7 Å². The Morgan fingerprint density at radius 3 is 2.68 bits per heavy atom. The molecule has 0 saturated carbocycles. The molecular weight excluding hydrogens is 384 g/mol. The number of hydrogen-bond acceptors (Lipinski definition) is 7. The number of rotatable bonds is 7. The molecule has 1 aliphatic rings. The number of thiophene rings is 1. The lowest BCUT2D eigenvalue weighted by Gasteiger charge is -2.20. The lowest BCUT2D eigenvalue weighted by Crippen LogP contribution is -2.45. The summed E-state index contributed by atoms with van der Waals surface area (Å²) in [5.74, 6) is -0.583. The van der Waals surface area contributed by atoms with E-state index >= 15 is 0 Å². The maximum Gasteiger partial charge on any atom is 0.329 e. The number of fused-ring (bicyclic) bond motifs is 1. The van der Waals surface area contributed by atoms with Crippen LogP contribution in [0.2, 0.25) is 0 Å². The summed E-state index contributed by atoms with van der Waals surface area (Å²) in [6, 6.07) is 7.53. The highest BCUT2D eigenvalue weighted by atomic mass is 32.1. The number of ether oxygens (including phenoxy) is 3. The minimum absolute atomic E-state index is 0.137. The van der Waals surface area contributed by atoms with Crippen LogP contribution in [-0.4, -0.2) is 37.2 Å². The van der Waals surface area contributed by atoms with Crippen LogP contribution >= 0.6 is 11.3 Å². The van der Waals surface area contributed by atoms with E-state index in [1.807, 2.05) is 0 Å². The highest BCUT2D eigenvalue weighted by Gasteiger charge is 2.27. The summed E-state index contributed by atoms with van der Waals surface area (Å²) in [6.45, 7) is 3.24.